The summed E-state index contributed by atoms with van der Waals surface area (Å²) in [7, 11) is 2.01. The van der Waals surface area contributed by atoms with E-state index in [-0.39, 0.29) is 5.41 Å². The van der Waals surface area contributed by atoms with E-state index < -0.39 is 0 Å². The normalized spacial score (nSPS) is 13.4. The first-order valence-electron chi connectivity index (χ1n) is 7.50. The van der Waals surface area contributed by atoms with Gasteiger partial charge in [0.1, 0.15) is 11.6 Å². The summed E-state index contributed by atoms with van der Waals surface area (Å²) < 4.78 is 2.04. The van der Waals surface area contributed by atoms with Crippen molar-refractivity contribution in [1.29, 1.82) is 0 Å². The predicted molar refractivity (Wildman–Crippen MR) is 86.0 cm³/mol. The van der Waals surface area contributed by atoms with Crippen LogP contribution in [0.5, 0.6) is 0 Å². The Morgan fingerprint density at radius 1 is 1.14 bits per heavy atom. The summed E-state index contributed by atoms with van der Waals surface area (Å²) in [6.45, 7) is 9.54. The maximum Gasteiger partial charge on any atom is 0.146 e. The third kappa shape index (κ3) is 4.14. The van der Waals surface area contributed by atoms with Crippen molar-refractivity contribution in [3.8, 4) is 0 Å². The molecular formula is C17H26N4. The summed E-state index contributed by atoms with van der Waals surface area (Å²) in [5, 5.41) is 12.0. The zero-order valence-electron chi connectivity index (χ0n) is 13.7. The van der Waals surface area contributed by atoms with Gasteiger partial charge in [-0.15, -0.1) is 10.2 Å². The second kappa shape index (κ2) is 6.39. The fourth-order valence-corrected chi connectivity index (χ4v) is 2.35. The highest BCUT2D eigenvalue weighted by atomic mass is 15.3. The van der Waals surface area contributed by atoms with Gasteiger partial charge in [-0.2, -0.15) is 0 Å². The van der Waals surface area contributed by atoms with Crippen LogP contribution in [-0.4, -0.2) is 20.8 Å². The fourth-order valence-electron chi connectivity index (χ4n) is 2.35. The minimum Gasteiger partial charge on any atom is -0.317 e. The minimum absolute atomic E-state index is 0.184. The van der Waals surface area contributed by atoms with Crippen LogP contribution in [0.2, 0.25) is 0 Å². The Kier molecular flexibility index (Phi) is 4.78. The Labute approximate surface area is 127 Å². The number of hydrogen-bond donors (Lipinski definition) is 1. The van der Waals surface area contributed by atoms with Crippen LogP contribution in [0.25, 0.3) is 0 Å². The second-order valence-corrected chi connectivity index (χ2v) is 6.71. The number of rotatable bonds is 5. The molecule has 0 saturated carbocycles. The van der Waals surface area contributed by atoms with Gasteiger partial charge in [-0.1, -0.05) is 51.1 Å². The summed E-state index contributed by atoms with van der Waals surface area (Å²) in [4.78, 5) is 0. The highest BCUT2D eigenvalue weighted by Gasteiger charge is 2.24. The molecule has 1 aromatic heterocycles. The molecule has 0 aliphatic carbocycles. The first-order chi connectivity index (χ1) is 9.88. The molecule has 4 heteroatoms. The van der Waals surface area contributed by atoms with Gasteiger partial charge in [-0.25, -0.2) is 0 Å². The van der Waals surface area contributed by atoms with Crippen LogP contribution < -0.4 is 5.32 Å². The van der Waals surface area contributed by atoms with Crippen LogP contribution >= 0.6 is 0 Å². The maximum absolute atomic E-state index is 4.23. The lowest BCUT2D eigenvalue weighted by atomic mass is 9.83. The van der Waals surface area contributed by atoms with Crippen molar-refractivity contribution in [3.63, 3.8) is 0 Å². The highest BCUT2D eigenvalue weighted by molar-refractivity contribution is 5.16. The molecule has 114 valence electrons. The summed E-state index contributed by atoms with van der Waals surface area (Å²) in [5.74, 6) is 1.93. The number of nitrogens with one attached hydrogen (secondary N) is 1. The summed E-state index contributed by atoms with van der Waals surface area (Å²) >= 11 is 0. The molecule has 1 unspecified atom stereocenters. The SMILES string of the molecule is Cc1nnc(CNC(Cc2ccccc2)C(C)(C)C)n1C. The van der Waals surface area contributed by atoms with E-state index in [0.29, 0.717) is 6.04 Å². The Morgan fingerprint density at radius 3 is 2.33 bits per heavy atom. The lowest BCUT2D eigenvalue weighted by Gasteiger charge is -2.32. The lowest BCUT2D eigenvalue weighted by Crippen LogP contribution is -2.42. The number of benzene rings is 1. The van der Waals surface area contributed by atoms with Crippen molar-refractivity contribution in [1.82, 2.24) is 20.1 Å². The number of aromatic nitrogens is 3. The van der Waals surface area contributed by atoms with Crippen molar-refractivity contribution >= 4 is 0 Å². The molecule has 1 N–H and O–H groups in total. The molecule has 2 rings (SSSR count). The van der Waals surface area contributed by atoms with Gasteiger partial charge in [-0.3, -0.25) is 0 Å². The average Bonchev–Trinajstić information content (AvgIpc) is 2.75. The van der Waals surface area contributed by atoms with Crippen LogP contribution in [0.15, 0.2) is 30.3 Å². The smallest absolute Gasteiger partial charge is 0.146 e. The Hall–Kier alpha value is -1.68. The Bertz CT molecular complexity index is 566. The standard InChI is InChI=1S/C17H26N4/c1-13-19-20-16(21(13)5)12-18-15(17(2,3)4)11-14-9-7-6-8-10-14/h6-10,15,18H,11-12H2,1-5H3. The number of nitrogens with zero attached hydrogens (tertiary/aromatic N) is 3. The van der Waals surface area contributed by atoms with Crippen molar-refractivity contribution in [2.24, 2.45) is 12.5 Å². The van der Waals surface area contributed by atoms with E-state index in [9.17, 15) is 0 Å². The Morgan fingerprint density at radius 2 is 1.81 bits per heavy atom. The molecule has 0 aliphatic heterocycles. The molecule has 0 radical (unpaired) electrons. The van der Waals surface area contributed by atoms with Gasteiger partial charge >= 0.3 is 0 Å². The summed E-state index contributed by atoms with van der Waals surface area (Å²) in [6, 6.07) is 11.0. The zero-order chi connectivity index (χ0) is 15.5. The molecule has 0 aliphatic rings. The fraction of sp³-hybridized carbons (Fsp3) is 0.529. The highest BCUT2D eigenvalue weighted by Crippen LogP contribution is 2.23. The summed E-state index contributed by atoms with van der Waals surface area (Å²) in [6.07, 6.45) is 1.02. The van der Waals surface area contributed by atoms with Gasteiger partial charge in [0.2, 0.25) is 0 Å². The molecule has 0 bridgehead atoms. The molecule has 1 aromatic carbocycles. The molecule has 0 fully saturated rings. The average molecular weight is 286 g/mol. The quantitative estimate of drug-likeness (QED) is 0.919. The van der Waals surface area contributed by atoms with Crippen molar-refractivity contribution < 1.29 is 0 Å². The minimum atomic E-state index is 0.184. The summed E-state index contributed by atoms with van der Waals surface area (Å²) in [5.41, 5.74) is 1.54. The number of hydrogen-bond acceptors (Lipinski definition) is 3. The van der Waals surface area contributed by atoms with E-state index in [4.69, 9.17) is 0 Å². The van der Waals surface area contributed by atoms with Crippen LogP contribution in [0.1, 0.15) is 38.0 Å². The van der Waals surface area contributed by atoms with Gasteiger partial charge in [0.15, 0.2) is 0 Å². The van der Waals surface area contributed by atoms with Gasteiger partial charge in [-0.05, 0) is 24.3 Å². The van der Waals surface area contributed by atoms with Crippen LogP contribution in [0.3, 0.4) is 0 Å². The molecule has 0 amide bonds. The first kappa shape index (κ1) is 15.7. The van der Waals surface area contributed by atoms with Gasteiger partial charge < -0.3 is 9.88 Å². The zero-order valence-corrected chi connectivity index (χ0v) is 13.7. The first-order valence-corrected chi connectivity index (χ1v) is 7.50. The molecule has 1 atom stereocenters. The van der Waals surface area contributed by atoms with Crippen molar-refractivity contribution in [2.45, 2.75) is 46.7 Å². The lowest BCUT2D eigenvalue weighted by molar-refractivity contribution is 0.262. The van der Waals surface area contributed by atoms with E-state index >= 15 is 0 Å². The van der Waals surface area contributed by atoms with E-state index in [1.807, 2.05) is 18.5 Å². The van der Waals surface area contributed by atoms with E-state index in [1.54, 1.807) is 0 Å². The van der Waals surface area contributed by atoms with Gasteiger partial charge in [0.25, 0.3) is 0 Å². The molecule has 4 nitrogen and oxygen atoms in total. The van der Waals surface area contributed by atoms with E-state index in [1.165, 1.54) is 5.56 Å². The predicted octanol–water partition coefficient (Wildman–Crippen LogP) is 2.87. The van der Waals surface area contributed by atoms with Gasteiger partial charge in [0.05, 0.1) is 6.54 Å². The largest absolute Gasteiger partial charge is 0.317 e. The topological polar surface area (TPSA) is 42.7 Å². The molecule has 2 aromatic rings. The van der Waals surface area contributed by atoms with Crippen LogP contribution in [0.4, 0.5) is 0 Å². The maximum atomic E-state index is 4.23. The molecule has 1 heterocycles. The van der Waals surface area contributed by atoms with Crippen molar-refractivity contribution in [3.05, 3.63) is 47.5 Å². The third-order valence-corrected chi connectivity index (χ3v) is 4.02. The molecule has 21 heavy (non-hydrogen) atoms. The molecule has 0 saturated heterocycles. The monoisotopic (exact) mass is 286 g/mol. The molecule has 0 spiro atoms. The Balaban J connectivity index is 2.05. The van der Waals surface area contributed by atoms with E-state index in [2.05, 4.69) is 66.6 Å². The van der Waals surface area contributed by atoms with Crippen LogP contribution in [-0.2, 0) is 20.0 Å². The second-order valence-electron chi connectivity index (χ2n) is 6.71. The van der Waals surface area contributed by atoms with Gasteiger partial charge in [0, 0.05) is 13.1 Å². The third-order valence-electron chi connectivity index (χ3n) is 4.02. The number of aryl methyl sites for hydroxylation is 1. The van der Waals surface area contributed by atoms with Crippen LogP contribution in [0, 0.1) is 12.3 Å². The van der Waals surface area contributed by atoms with E-state index in [0.717, 1.165) is 24.6 Å². The molecular weight excluding hydrogens is 260 g/mol. The van der Waals surface area contributed by atoms with Crippen molar-refractivity contribution in [2.75, 3.05) is 0 Å².